The van der Waals surface area contributed by atoms with Gasteiger partial charge in [0, 0.05) is 24.6 Å². The zero-order valence-electron chi connectivity index (χ0n) is 11.4. The Morgan fingerprint density at radius 1 is 1.40 bits per heavy atom. The van der Waals surface area contributed by atoms with Crippen molar-refractivity contribution in [3.05, 3.63) is 18.6 Å². The summed E-state index contributed by atoms with van der Waals surface area (Å²) in [5.41, 5.74) is 5.92. The van der Waals surface area contributed by atoms with Gasteiger partial charge in [-0.25, -0.2) is 18.4 Å². The van der Waals surface area contributed by atoms with Gasteiger partial charge in [0.15, 0.2) is 26.4 Å². The third-order valence-electron chi connectivity index (χ3n) is 2.46. The van der Waals surface area contributed by atoms with Crippen molar-refractivity contribution in [1.29, 1.82) is 0 Å². The van der Waals surface area contributed by atoms with E-state index in [1.807, 2.05) is 13.8 Å². The zero-order valence-corrected chi connectivity index (χ0v) is 12.2. The Balaban J connectivity index is 2.65. The molecule has 0 aliphatic heterocycles. The smallest absolute Gasteiger partial charge is 0.182 e. The van der Waals surface area contributed by atoms with Crippen LogP contribution in [0.4, 0.5) is 11.6 Å². The van der Waals surface area contributed by atoms with Crippen LogP contribution in [0.25, 0.3) is 5.82 Å². The van der Waals surface area contributed by atoms with Crippen LogP contribution in [-0.4, -0.2) is 40.5 Å². The van der Waals surface area contributed by atoms with Crippen LogP contribution in [-0.2, 0) is 9.84 Å². The Bertz CT molecular complexity index is 708. The summed E-state index contributed by atoms with van der Waals surface area (Å²) in [7, 11) is -3.51. The fourth-order valence-corrected chi connectivity index (χ4v) is 2.65. The van der Waals surface area contributed by atoms with Crippen LogP contribution >= 0.6 is 0 Å². The number of anilines is 2. The molecule has 0 spiro atoms. The molecule has 0 aliphatic rings. The lowest BCUT2D eigenvalue weighted by Gasteiger charge is -2.07. The lowest BCUT2D eigenvalue weighted by atomic mass is 10.4. The molecule has 0 aliphatic carbocycles. The van der Waals surface area contributed by atoms with Crippen molar-refractivity contribution in [3.8, 4) is 5.82 Å². The molecule has 2 aromatic heterocycles. The van der Waals surface area contributed by atoms with Crippen molar-refractivity contribution in [2.75, 3.05) is 17.3 Å². The zero-order chi connectivity index (χ0) is 14.9. The summed E-state index contributed by atoms with van der Waals surface area (Å²) >= 11 is 0. The topological polar surface area (TPSA) is 116 Å². The second-order valence-corrected chi connectivity index (χ2v) is 6.57. The number of nitrogens with two attached hydrogens (primary N) is 1. The quantitative estimate of drug-likeness (QED) is 0.842. The average Bonchev–Trinajstić information content (AvgIpc) is 2.66. The van der Waals surface area contributed by atoms with Gasteiger partial charge in [-0.15, -0.1) is 5.10 Å². The summed E-state index contributed by atoms with van der Waals surface area (Å²) in [6, 6.07) is 1.61. The number of nitrogen functional groups attached to an aromatic ring is 1. The minimum Gasteiger partial charge on any atom is -0.382 e. The van der Waals surface area contributed by atoms with E-state index in [1.165, 1.54) is 17.2 Å². The van der Waals surface area contributed by atoms with E-state index in [2.05, 4.69) is 20.4 Å². The highest BCUT2D eigenvalue weighted by atomic mass is 32.2. The molecule has 0 unspecified atom stereocenters. The molecule has 0 aromatic carbocycles. The maximum absolute atomic E-state index is 11.9. The van der Waals surface area contributed by atoms with Crippen LogP contribution in [0.15, 0.2) is 23.5 Å². The van der Waals surface area contributed by atoms with Crippen molar-refractivity contribution in [3.63, 3.8) is 0 Å². The average molecular weight is 296 g/mol. The lowest BCUT2D eigenvalue weighted by Crippen LogP contribution is -2.13. The number of hydrogen-bond acceptors (Lipinski definition) is 7. The first-order chi connectivity index (χ1) is 9.30. The summed E-state index contributed by atoms with van der Waals surface area (Å²) in [4.78, 5) is 7.79. The van der Waals surface area contributed by atoms with Crippen LogP contribution in [0, 0.1) is 0 Å². The summed E-state index contributed by atoms with van der Waals surface area (Å²) in [5.74, 6) is 0.646. The number of sulfone groups is 1. The van der Waals surface area contributed by atoms with Gasteiger partial charge in [0.1, 0.15) is 12.1 Å². The van der Waals surface area contributed by atoms with E-state index in [1.54, 1.807) is 6.07 Å². The van der Waals surface area contributed by atoms with E-state index in [4.69, 9.17) is 5.73 Å². The number of aromatic nitrogens is 4. The normalized spacial score (nSPS) is 11.8. The fourth-order valence-electron chi connectivity index (χ4n) is 1.73. The van der Waals surface area contributed by atoms with Crippen molar-refractivity contribution in [2.24, 2.45) is 0 Å². The molecule has 8 nitrogen and oxygen atoms in total. The molecule has 2 aromatic rings. The summed E-state index contributed by atoms with van der Waals surface area (Å²) in [6.07, 6.45) is 3.96. The maximum atomic E-state index is 11.9. The van der Waals surface area contributed by atoms with Gasteiger partial charge in [-0.2, -0.15) is 4.68 Å². The van der Waals surface area contributed by atoms with E-state index in [-0.39, 0.29) is 22.6 Å². The van der Waals surface area contributed by atoms with Gasteiger partial charge in [0.05, 0.1) is 0 Å². The SMILES string of the molecule is CC(C)Nc1nn(-c2ccncn2)c(N)c1S(C)(=O)=O. The Morgan fingerprint density at radius 2 is 2.10 bits per heavy atom. The van der Waals surface area contributed by atoms with E-state index in [0.717, 1.165) is 6.26 Å². The molecular weight excluding hydrogens is 280 g/mol. The van der Waals surface area contributed by atoms with Gasteiger partial charge in [-0.1, -0.05) is 0 Å². The van der Waals surface area contributed by atoms with E-state index in [0.29, 0.717) is 5.82 Å². The molecule has 20 heavy (non-hydrogen) atoms. The van der Waals surface area contributed by atoms with Gasteiger partial charge in [-0.05, 0) is 13.8 Å². The monoisotopic (exact) mass is 296 g/mol. The van der Waals surface area contributed by atoms with Crippen LogP contribution in [0.2, 0.25) is 0 Å². The number of rotatable bonds is 4. The summed E-state index contributed by atoms with van der Waals surface area (Å²) in [5, 5.41) is 7.17. The highest BCUT2D eigenvalue weighted by molar-refractivity contribution is 7.91. The molecule has 2 heterocycles. The third kappa shape index (κ3) is 2.72. The molecule has 2 rings (SSSR count). The van der Waals surface area contributed by atoms with Gasteiger partial charge >= 0.3 is 0 Å². The predicted molar refractivity (Wildman–Crippen MR) is 75.4 cm³/mol. The number of hydrogen-bond donors (Lipinski definition) is 2. The third-order valence-corrected chi connectivity index (χ3v) is 3.60. The van der Waals surface area contributed by atoms with Crippen LogP contribution in [0.3, 0.4) is 0 Å². The molecule has 9 heteroatoms. The van der Waals surface area contributed by atoms with E-state index >= 15 is 0 Å². The highest BCUT2D eigenvalue weighted by Gasteiger charge is 2.25. The largest absolute Gasteiger partial charge is 0.382 e. The minimum absolute atomic E-state index is 0.0173. The first-order valence-electron chi connectivity index (χ1n) is 5.92. The molecule has 0 atom stereocenters. The molecular formula is C11H16N6O2S. The summed E-state index contributed by atoms with van der Waals surface area (Å²) < 4.78 is 25.1. The minimum atomic E-state index is -3.51. The number of nitrogens with one attached hydrogen (secondary N) is 1. The molecule has 0 radical (unpaired) electrons. The first-order valence-corrected chi connectivity index (χ1v) is 7.81. The van der Waals surface area contributed by atoms with Crippen molar-refractivity contribution in [1.82, 2.24) is 19.7 Å². The Kier molecular flexibility index (Phi) is 3.62. The fraction of sp³-hybridized carbons (Fsp3) is 0.364. The second kappa shape index (κ2) is 5.08. The lowest BCUT2D eigenvalue weighted by molar-refractivity contribution is 0.602. The Morgan fingerprint density at radius 3 is 2.60 bits per heavy atom. The number of nitrogens with zero attached hydrogens (tertiary/aromatic N) is 4. The molecule has 0 fully saturated rings. The van der Waals surface area contributed by atoms with Crippen molar-refractivity contribution >= 4 is 21.5 Å². The molecule has 3 N–H and O–H groups in total. The van der Waals surface area contributed by atoms with Gasteiger partial charge in [0.25, 0.3) is 0 Å². The van der Waals surface area contributed by atoms with E-state index < -0.39 is 9.84 Å². The van der Waals surface area contributed by atoms with Crippen LogP contribution in [0.1, 0.15) is 13.8 Å². The van der Waals surface area contributed by atoms with Crippen molar-refractivity contribution in [2.45, 2.75) is 24.8 Å². The molecule has 0 saturated heterocycles. The Hall–Kier alpha value is -2.16. The predicted octanol–water partition coefficient (Wildman–Crippen LogP) is 0.468. The second-order valence-electron chi connectivity index (χ2n) is 4.61. The standard InChI is InChI=1S/C11H16N6O2S/c1-7(2)15-11-9(20(3,18)19)10(12)17(16-11)8-4-5-13-6-14-8/h4-7H,12H2,1-3H3,(H,15,16). The molecule has 0 saturated carbocycles. The van der Waals surface area contributed by atoms with Crippen LogP contribution in [0.5, 0.6) is 0 Å². The van der Waals surface area contributed by atoms with Crippen molar-refractivity contribution < 1.29 is 8.42 Å². The summed E-state index contributed by atoms with van der Waals surface area (Å²) in [6.45, 7) is 3.76. The van der Waals surface area contributed by atoms with E-state index in [9.17, 15) is 8.42 Å². The molecule has 108 valence electrons. The highest BCUT2D eigenvalue weighted by Crippen LogP contribution is 2.29. The Labute approximate surface area is 117 Å². The first kappa shape index (κ1) is 14.3. The van der Waals surface area contributed by atoms with Gasteiger partial charge in [-0.3, -0.25) is 0 Å². The van der Waals surface area contributed by atoms with Crippen LogP contribution < -0.4 is 11.1 Å². The maximum Gasteiger partial charge on any atom is 0.182 e. The molecule has 0 bridgehead atoms. The van der Waals surface area contributed by atoms with Gasteiger partial charge in [0.2, 0.25) is 0 Å². The molecule has 0 amide bonds. The van der Waals surface area contributed by atoms with Gasteiger partial charge < -0.3 is 11.1 Å².